The van der Waals surface area contributed by atoms with Gasteiger partial charge in [0.05, 0.1) is 19.6 Å². The van der Waals surface area contributed by atoms with Gasteiger partial charge >= 0.3 is 0 Å². The van der Waals surface area contributed by atoms with Crippen LogP contribution >= 0.6 is 7.72 Å². The van der Waals surface area contributed by atoms with Crippen LogP contribution in [0.15, 0.2) is 0 Å². The van der Waals surface area contributed by atoms with Crippen molar-refractivity contribution in [3.05, 3.63) is 0 Å². The molecule has 10 nitrogen and oxygen atoms in total. The van der Waals surface area contributed by atoms with E-state index in [2.05, 4.69) is 16.0 Å². The predicted octanol–water partition coefficient (Wildman–Crippen LogP) is -0.700. The molecule has 1 saturated carbocycles. The first kappa shape index (κ1) is 26.4. The molecule has 0 aromatic rings. The van der Waals surface area contributed by atoms with E-state index in [-0.39, 0.29) is 43.8 Å². The molecule has 3 amide bonds. The van der Waals surface area contributed by atoms with E-state index in [9.17, 15) is 29.0 Å². The Morgan fingerprint density at radius 2 is 1.63 bits per heavy atom. The van der Waals surface area contributed by atoms with Crippen LogP contribution in [-0.2, 0) is 19.2 Å². The smallest absolute Gasteiger partial charge is 0.275 e. The fraction of sp³-hybridized carbons (Fsp3) is 0.789. The highest BCUT2D eigenvalue weighted by Gasteiger charge is 2.39. The number of carbonyl (C=O) groups excluding carboxylic acids is 4. The summed E-state index contributed by atoms with van der Waals surface area (Å²) in [5.74, 6) is -2.08. The van der Waals surface area contributed by atoms with Crippen molar-refractivity contribution in [2.24, 2.45) is 17.6 Å². The van der Waals surface area contributed by atoms with E-state index in [1.165, 1.54) is 0 Å². The number of rotatable bonds is 12. The Morgan fingerprint density at radius 1 is 1.00 bits per heavy atom. The SMILES string of the molecule is CC(C)[C@H](NC(=O)CNC(=O)CN)C(=O)NCC(=O)C[P+](O)(O)CC1CCCCC1. The summed E-state index contributed by atoms with van der Waals surface area (Å²) in [5.41, 5.74) is 5.15. The number of hydrogen-bond acceptors (Lipinski definition) is 7. The van der Waals surface area contributed by atoms with Gasteiger partial charge in [0.15, 0.2) is 11.9 Å². The minimum atomic E-state index is -3.34. The van der Waals surface area contributed by atoms with Gasteiger partial charge in [-0.2, -0.15) is 0 Å². The highest BCUT2D eigenvalue weighted by molar-refractivity contribution is 7.65. The van der Waals surface area contributed by atoms with Crippen LogP contribution in [0.2, 0.25) is 0 Å². The highest BCUT2D eigenvalue weighted by Crippen LogP contribution is 2.52. The van der Waals surface area contributed by atoms with Crippen LogP contribution in [0.4, 0.5) is 0 Å². The fourth-order valence-corrected chi connectivity index (χ4v) is 5.49. The van der Waals surface area contributed by atoms with Gasteiger partial charge in [0.2, 0.25) is 17.7 Å². The van der Waals surface area contributed by atoms with Gasteiger partial charge in [-0.25, -0.2) is 9.79 Å². The summed E-state index contributed by atoms with van der Waals surface area (Å²) in [6.07, 6.45) is 5.13. The zero-order valence-corrected chi connectivity index (χ0v) is 18.7. The molecular weight excluding hydrogens is 411 g/mol. The molecule has 0 bridgehead atoms. The van der Waals surface area contributed by atoms with Crippen LogP contribution in [0.1, 0.15) is 46.0 Å². The van der Waals surface area contributed by atoms with E-state index in [0.717, 1.165) is 32.1 Å². The molecule has 0 aromatic carbocycles. The lowest BCUT2D eigenvalue weighted by molar-refractivity contribution is -0.131. The van der Waals surface area contributed by atoms with E-state index in [1.54, 1.807) is 13.8 Å². The second-order valence-electron chi connectivity index (χ2n) is 8.25. The Balaban J connectivity index is 2.46. The van der Waals surface area contributed by atoms with E-state index in [4.69, 9.17) is 5.73 Å². The third kappa shape index (κ3) is 10.4. The number of carbonyl (C=O) groups is 4. The molecule has 1 aliphatic carbocycles. The van der Waals surface area contributed by atoms with Gasteiger partial charge in [-0.3, -0.25) is 19.2 Å². The minimum absolute atomic E-state index is 0.241. The number of amides is 3. The van der Waals surface area contributed by atoms with Gasteiger partial charge in [0.25, 0.3) is 7.72 Å². The van der Waals surface area contributed by atoms with E-state index >= 15 is 0 Å². The highest BCUT2D eigenvalue weighted by atomic mass is 31.2. The molecule has 1 aliphatic rings. The summed E-state index contributed by atoms with van der Waals surface area (Å²) in [6, 6.07) is -0.898. The van der Waals surface area contributed by atoms with Crippen molar-refractivity contribution < 1.29 is 29.0 Å². The van der Waals surface area contributed by atoms with Crippen LogP contribution in [0.25, 0.3) is 0 Å². The van der Waals surface area contributed by atoms with Crippen LogP contribution in [0, 0.1) is 11.8 Å². The van der Waals surface area contributed by atoms with Crippen molar-refractivity contribution in [1.82, 2.24) is 16.0 Å². The Labute approximate surface area is 178 Å². The van der Waals surface area contributed by atoms with Gasteiger partial charge in [-0.1, -0.05) is 33.1 Å². The average molecular weight is 447 g/mol. The van der Waals surface area contributed by atoms with Crippen molar-refractivity contribution in [3.8, 4) is 0 Å². The van der Waals surface area contributed by atoms with Gasteiger partial charge in [0, 0.05) is 0 Å². The molecule has 7 N–H and O–H groups in total. The summed E-state index contributed by atoms with van der Waals surface area (Å²) in [7, 11) is -3.34. The molecule has 11 heteroatoms. The molecule has 0 aromatic heterocycles. The Bertz CT molecular complexity index is 608. The quantitative estimate of drug-likeness (QED) is 0.215. The first-order chi connectivity index (χ1) is 14.0. The molecule has 1 fully saturated rings. The molecule has 0 saturated heterocycles. The molecule has 0 aliphatic heterocycles. The minimum Gasteiger partial charge on any atom is -0.347 e. The molecule has 0 heterocycles. The van der Waals surface area contributed by atoms with Gasteiger partial charge in [0.1, 0.15) is 12.2 Å². The summed E-state index contributed by atoms with van der Waals surface area (Å²) in [4.78, 5) is 68.2. The monoisotopic (exact) mass is 447 g/mol. The van der Waals surface area contributed by atoms with Gasteiger partial charge in [-0.05, 0) is 24.7 Å². The lowest BCUT2D eigenvalue weighted by Crippen LogP contribution is -2.53. The second-order valence-corrected chi connectivity index (χ2v) is 10.7. The number of nitrogens with one attached hydrogen (secondary N) is 3. The number of ketones is 1. The third-order valence-electron chi connectivity index (χ3n) is 5.06. The zero-order valence-electron chi connectivity index (χ0n) is 17.9. The van der Waals surface area contributed by atoms with E-state index in [1.807, 2.05) is 0 Å². The van der Waals surface area contributed by atoms with Gasteiger partial charge < -0.3 is 21.7 Å². The van der Waals surface area contributed by atoms with Crippen molar-refractivity contribution in [3.63, 3.8) is 0 Å². The normalized spacial score (nSPS) is 16.1. The van der Waals surface area contributed by atoms with Crippen molar-refractivity contribution in [1.29, 1.82) is 0 Å². The summed E-state index contributed by atoms with van der Waals surface area (Å²) < 4.78 is 0. The van der Waals surface area contributed by atoms with E-state index < -0.39 is 37.3 Å². The molecule has 30 heavy (non-hydrogen) atoms. The zero-order chi connectivity index (χ0) is 22.7. The number of Topliss-reactive ketones (excluding diaryl/α,β-unsaturated/α-hetero) is 1. The lowest BCUT2D eigenvalue weighted by Gasteiger charge is -2.23. The van der Waals surface area contributed by atoms with Crippen molar-refractivity contribution in [2.45, 2.75) is 52.0 Å². The van der Waals surface area contributed by atoms with Crippen LogP contribution < -0.4 is 21.7 Å². The Hall–Kier alpha value is -1.61. The topological polar surface area (TPSA) is 171 Å². The first-order valence-corrected chi connectivity index (χ1v) is 12.5. The number of nitrogens with two attached hydrogens (primary N) is 1. The predicted molar refractivity (Wildman–Crippen MR) is 115 cm³/mol. The van der Waals surface area contributed by atoms with Crippen molar-refractivity contribution in [2.75, 3.05) is 32.0 Å². The maximum absolute atomic E-state index is 12.4. The third-order valence-corrected chi connectivity index (χ3v) is 7.02. The molecule has 172 valence electrons. The summed E-state index contributed by atoms with van der Waals surface area (Å²) in [5, 5.41) is 7.28. The number of hydrogen-bond donors (Lipinski definition) is 6. The second kappa shape index (κ2) is 12.9. The summed E-state index contributed by atoms with van der Waals surface area (Å²) >= 11 is 0. The lowest BCUT2D eigenvalue weighted by atomic mass is 9.91. The Morgan fingerprint density at radius 3 is 2.20 bits per heavy atom. The fourth-order valence-electron chi connectivity index (χ4n) is 3.49. The maximum Gasteiger partial charge on any atom is 0.275 e. The molecule has 1 rings (SSSR count). The Kier molecular flexibility index (Phi) is 11.4. The molecule has 0 spiro atoms. The molecular formula is C19H36N4O6P+. The molecule has 0 unspecified atom stereocenters. The largest absolute Gasteiger partial charge is 0.347 e. The average Bonchev–Trinajstić information content (AvgIpc) is 2.68. The summed E-state index contributed by atoms with van der Waals surface area (Å²) in [6.45, 7) is 2.56. The van der Waals surface area contributed by atoms with Crippen LogP contribution in [-0.4, -0.2) is 71.3 Å². The van der Waals surface area contributed by atoms with E-state index in [0.29, 0.717) is 0 Å². The maximum atomic E-state index is 12.4. The van der Waals surface area contributed by atoms with Gasteiger partial charge in [-0.15, -0.1) is 0 Å². The first-order valence-electron chi connectivity index (χ1n) is 10.4. The molecule has 0 radical (unpaired) electrons. The molecule has 1 atom stereocenters. The van der Waals surface area contributed by atoms with Crippen LogP contribution in [0.3, 0.4) is 0 Å². The van der Waals surface area contributed by atoms with Crippen molar-refractivity contribution >= 4 is 31.2 Å². The van der Waals surface area contributed by atoms with Crippen LogP contribution in [0.5, 0.6) is 0 Å². The standard InChI is InChI=1S/C19H35N4O6P/c1-13(2)18(23-17(26)10-21-16(25)8-20)19(27)22-9-15(24)12-30(28,29)11-14-6-4-3-5-7-14/h13-14,18,28-29H,3-12,20H2,1-2H3,(H2-,21,22,23,25,26,27)/p+1/t18-/m0/s1.